The van der Waals surface area contributed by atoms with Crippen molar-refractivity contribution < 1.29 is 29.9 Å². The molecule has 0 aliphatic carbocycles. The lowest BCUT2D eigenvalue weighted by atomic mass is 10.2. The summed E-state index contributed by atoms with van der Waals surface area (Å²) < 4.78 is 22.6. The largest absolute Gasteiger partial charge is 1.00 e. The molecule has 0 heterocycles. The Morgan fingerprint density at radius 3 is 2.00 bits per heavy atom. The quantitative estimate of drug-likeness (QED) is 0.327. The summed E-state index contributed by atoms with van der Waals surface area (Å²) in [5.41, 5.74) is 0. The Labute approximate surface area is 108 Å². The molecule has 0 unspecified atom stereocenters. The van der Waals surface area contributed by atoms with Gasteiger partial charge in [-0.25, -0.2) is 8.42 Å². The lowest BCUT2D eigenvalue weighted by Gasteiger charge is -2.23. The van der Waals surface area contributed by atoms with Crippen molar-refractivity contribution in [1.29, 1.82) is 0 Å². The van der Waals surface area contributed by atoms with E-state index in [0.717, 1.165) is 40.4 Å². The molecule has 0 bridgehead atoms. The first kappa shape index (κ1) is 18.1. The van der Waals surface area contributed by atoms with Crippen LogP contribution in [0.25, 0.3) is 0 Å². The second-order valence-corrected chi connectivity index (χ2v) is 9.18. The van der Waals surface area contributed by atoms with E-state index < -0.39 is 8.87 Å². The van der Waals surface area contributed by atoms with Crippen LogP contribution in [0, 0.1) is 0 Å². The average Bonchev–Trinajstić information content (AvgIpc) is 1.92. The van der Waals surface area contributed by atoms with Gasteiger partial charge in [-0.1, -0.05) is 0 Å². The van der Waals surface area contributed by atoms with Gasteiger partial charge in [0, 0.05) is 12.0 Å². The maximum Gasteiger partial charge on any atom is 0.198 e. The fourth-order valence-corrected chi connectivity index (χ4v) is 2.96. The van der Waals surface area contributed by atoms with E-state index in [1.807, 2.05) is 0 Å². The van der Waals surface area contributed by atoms with E-state index in [-0.39, 0.29) is 17.0 Å². The third-order valence-electron chi connectivity index (χ3n) is 1.77. The molecule has 0 rings (SSSR count). The monoisotopic (exact) mass is 319 g/mol. The number of halogens is 1. The highest BCUT2D eigenvalue weighted by Gasteiger charge is 2.06. The molecule has 0 aromatic rings. The summed E-state index contributed by atoms with van der Waals surface area (Å²) in [6, 6.07) is 0. The smallest absolute Gasteiger partial charge is 0.198 e. The van der Waals surface area contributed by atoms with Gasteiger partial charge in [-0.2, -0.15) is 0 Å². The van der Waals surface area contributed by atoms with Gasteiger partial charge >= 0.3 is 0 Å². The van der Waals surface area contributed by atoms with Crippen LogP contribution in [0.4, 0.5) is 0 Å². The molecule has 6 heteroatoms. The summed E-state index contributed by atoms with van der Waals surface area (Å²) in [5.74, 6) is 0.732. The van der Waals surface area contributed by atoms with E-state index in [9.17, 15) is 8.42 Å². The Bertz CT molecular complexity index is 247. The standard InChI is InChI=1S/C9H22NO2S2.BrH/c1-10(2,3)8-6-5-7-9-13-14(4,11)12;/h5-9H2,1-4H3;1H/q+1;/p-1. The van der Waals surface area contributed by atoms with E-state index >= 15 is 0 Å². The van der Waals surface area contributed by atoms with Crippen LogP contribution >= 0.6 is 10.8 Å². The fraction of sp³-hybridized carbons (Fsp3) is 1.00. The SMILES string of the molecule is C[N+](C)(C)CCCCCSS(C)(=O)=O.[Br-]. The number of rotatable bonds is 7. The lowest BCUT2D eigenvalue weighted by molar-refractivity contribution is -0.870. The molecule has 0 atom stereocenters. The summed E-state index contributed by atoms with van der Waals surface area (Å²) in [6.45, 7) is 1.16. The molecule has 0 fully saturated rings. The third-order valence-corrected chi connectivity index (χ3v) is 4.44. The van der Waals surface area contributed by atoms with Crippen LogP contribution in [0.5, 0.6) is 0 Å². The Morgan fingerprint density at radius 1 is 1.07 bits per heavy atom. The minimum absolute atomic E-state index is 0. The van der Waals surface area contributed by atoms with Crippen molar-refractivity contribution in [3.05, 3.63) is 0 Å². The van der Waals surface area contributed by atoms with Crippen LogP contribution in [0.3, 0.4) is 0 Å². The van der Waals surface area contributed by atoms with E-state index in [0.29, 0.717) is 0 Å². The van der Waals surface area contributed by atoms with Gasteiger partial charge in [0.2, 0.25) is 0 Å². The third kappa shape index (κ3) is 17.4. The molecule has 3 nitrogen and oxygen atoms in total. The molecule has 0 saturated heterocycles. The molecule has 0 spiro atoms. The molecular weight excluding hydrogens is 298 g/mol. The number of nitrogens with zero attached hydrogens (tertiary/aromatic N) is 1. The van der Waals surface area contributed by atoms with Crippen molar-refractivity contribution in [2.45, 2.75) is 19.3 Å². The highest BCUT2D eigenvalue weighted by molar-refractivity contribution is 8.71. The summed E-state index contributed by atoms with van der Waals surface area (Å²) in [6.07, 6.45) is 4.56. The van der Waals surface area contributed by atoms with Crippen LogP contribution in [-0.4, -0.2) is 52.6 Å². The first-order valence-electron chi connectivity index (χ1n) is 4.85. The van der Waals surface area contributed by atoms with E-state index in [1.165, 1.54) is 12.7 Å². The first-order chi connectivity index (χ1) is 6.21. The maximum atomic E-state index is 10.8. The van der Waals surface area contributed by atoms with Crippen molar-refractivity contribution in [1.82, 2.24) is 0 Å². The molecular formula is C9H22BrNO2S2. The molecule has 0 radical (unpaired) electrons. The Hall–Kier alpha value is 0.740. The lowest BCUT2D eigenvalue weighted by Crippen LogP contribution is -3.00. The van der Waals surface area contributed by atoms with Gasteiger partial charge in [-0.05, 0) is 30.1 Å². The van der Waals surface area contributed by atoms with Crippen molar-refractivity contribution in [2.24, 2.45) is 0 Å². The van der Waals surface area contributed by atoms with Crippen LogP contribution in [0.15, 0.2) is 0 Å². The minimum Gasteiger partial charge on any atom is -1.00 e. The van der Waals surface area contributed by atoms with E-state index in [4.69, 9.17) is 0 Å². The van der Waals surface area contributed by atoms with Crippen molar-refractivity contribution >= 4 is 19.7 Å². The predicted molar refractivity (Wildman–Crippen MR) is 64.1 cm³/mol. The molecule has 0 amide bonds. The summed E-state index contributed by atoms with van der Waals surface area (Å²) in [5, 5.41) is 0. The van der Waals surface area contributed by atoms with Crippen LogP contribution < -0.4 is 17.0 Å². The fourth-order valence-electron chi connectivity index (χ4n) is 1.08. The number of hydrogen-bond donors (Lipinski definition) is 0. The summed E-state index contributed by atoms with van der Waals surface area (Å²) in [7, 11) is 4.75. The van der Waals surface area contributed by atoms with Gasteiger partial charge in [-0.3, -0.25) is 0 Å². The molecule has 0 saturated carbocycles. The van der Waals surface area contributed by atoms with Gasteiger partial charge in [-0.15, -0.1) is 0 Å². The zero-order valence-electron chi connectivity index (χ0n) is 9.99. The van der Waals surface area contributed by atoms with Crippen LogP contribution in [-0.2, 0) is 8.87 Å². The average molecular weight is 320 g/mol. The number of hydrogen-bond acceptors (Lipinski definition) is 3. The van der Waals surface area contributed by atoms with Gasteiger partial charge in [0.15, 0.2) is 8.87 Å². The van der Waals surface area contributed by atoms with Gasteiger partial charge in [0.25, 0.3) is 0 Å². The van der Waals surface area contributed by atoms with Gasteiger partial charge in [0.05, 0.1) is 27.7 Å². The minimum atomic E-state index is -2.83. The maximum absolute atomic E-state index is 10.8. The molecule has 0 aromatic carbocycles. The molecule has 15 heavy (non-hydrogen) atoms. The first-order valence-corrected chi connectivity index (χ1v) is 8.25. The van der Waals surface area contributed by atoms with E-state index in [1.54, 1.807) is 0 Å². The van der Waals surface area contributed by atoms with E-state index in [2.05, 4.69) is 21.1 Å². The zero-order valence-corrected chi connectivity index (χ0v) is 13.2. The van der Waals surface area contributed by atoms with Crippen LogP contribution in [0.1, 0.15) is 19.3 Å². The Balaban J connectivity index is 0. The second kappa shape index (κ2) is 7.92. The number of quaternary nitrogens is 1. The normalized spacial score (nSPS) is 12.3. The highest BCUT2D eigenvalue weighted by atomic mass is 79.9. The number of unbranched alkanes of at least 4 members (excludes halogenated alkanes) is 2. The van der Waals surface area contributed by atoms with Crippen LogP contribution in [0.2, 0.25) is 0 Å². The molecule has 0 aliphatic rings. The molecule has 0 N–H and O–H groups in total. The molecule has 94 valence electrons. The Morgan fingerprint density at radius 2 is 1.60 bits per heavy atom. The van der Waals surface area contributed by atoms with Crippen molar-refractivity contribution in [3.8, 4) is 0 Å². The highest BCUT2D eigenvalue weighted by Crippen LogP contribution is 2.13. The predicted octanol–water partition coefficient (Wildman–Crippen LogP) is -1.44. The zero-order chi connectivity index (χ0) is 11.2. The summed E-state index contributed by atoms with van der Waals surface area (Å²) in [4.78, 5) is 0. The van der Waals surface area contributed by atoms with Crippen molar-refractivity contribution in [2.75, 3.05) is 39.7 Å². The second-order valence-electron chi connectivity index (χ2n) is 4.60. The molecule has 0 aliphatic heterocycles. The molecule has 0 aromatic heterocycles. The van der Waals surface area contributed by atoms with Gasteiger partial charge in [0.1, 0.15) is 0 Å². The summed E-state index contributed by atoms with van der Waals surface area (Å²) >= 11 is 0. The van der Waals surface area contributed by atoms with Crippen molar-refractivity contribution in [3.63, 3.8) is 0 Å². The Kier molecular flexibility index (Phi) is 9.57. The van der Waals surface area contributed by atoms with Gasteiger partial charge < -0.3 is 21.5 Å². The topological polar surface area (TPSA) is 34.1 Å².